The molecule has 0 amide bonds. The minimum Gasteiger partial charge on any atom is -0.391 e. The van der Waals surface area contributed by atoms with Crippen molar-refractivity contribution in [2.75, 3.05) is 0 Å². The lowest BCUT2D eigenvalue weighted by molar-refractivity contribution is 0.134. The fraction of sp³-hybridized carbons (Fsp3) is 0.455. The summed E-state index contributed by atoms with van der Waals surface area (Å²) in [6.45, 7) is 1.96. The van der Waals surface area contributed by atoms with E-state index in [0.29, 0.717) is 12.0 Å². The molecular weight excluding hydrogens is 252 g/mol. The second kappa shape index (κ2) is 7.07. The Morgan fingerprint density at radius 2 is 2.12 bits per heavy atom. The summed E-state index contributed by atoms with van der Waals surface area (Å²) in [6.07, 6.45) is 0.798. The molecule has 0 saturated carbocycles. The van der Waals surface area contributed by atoms with Crippen LogP contribution in [0.5, 0.6) is 0 Å². The molecule has 0 radical (unpaired) electrons. The van der Waals surface area contributed by atoms with Crippen LogP contribution in [0, 0.1) is 5.82 Å². The molecule has 1 rings (SSSR count). The molecule has 0 unspecified atom stereocenters. The van der Waals surface area contributed by atoms with E-state index < -0.39 is 18.0 Å². The van der Waals surface area contributed by atoms with Crippen molar-refractivity contribution in [1.82, 2.24) is 0 Å². The van der Waals surface area contributed by atoms with Gasteiger partial charge in [0.15, 0.2) is 0 Å². The van der Waals surface area contributed by atoms with Crippen molar-refractivity contribution < 1.29 is 9.50 Å². The van der Waals surface area contributed by atoms with E-state index in [1.54, 1.807) is 6.07 Å². The molecule has 2 atom stereocenters. The minimum atomic E-state index is -0.643. The summed E-state index contributed by atoms with van der Waals surface area (Å²) in [6, 6.07) is 3.79. The van der Waals surface area contributed by atoms with Crippen LogP contribution in [0.15, 0.2) is 18.2 Å². The summed E-state index contributed by atoms with van der Waals surface area (Å²) in [5, 5.41) is 9.72. The standard InChI is InChI=1S/C11H15ClFNO.ClH/c1-2-3-10(15)11(14)7-4-5-8(12)9(13)6-7;/h4-6,10-11,15H,2-3,14H2,1H3;1H/t10-,11+;/m1./s1. The van der Waals surface area contributed by atoms with Gasteiger partial charge in [-0.2, -0.15) is 0 Å². The molecule has 0 aliphatic carbocycles. The molecule has 5 heteroatoms. The van der Waals surface area contributed by atoms with Crippen molar-refractivity contribution in [3.63, 3.8) is 0 Å². The highest BCUT2D eigenvalue weighted by molar-refractivity contribution is 6.30. The van der Waals surface area contributed by atoms with Gasteiger partial charge in [-0.15, -0.1) is 12.4 Å². The van der Waals surface area contributed by atoms with E-state index in [2.05, 4.69) is 0 Å². The van der Waals surface area contributed by atoms with E-state index >= 15 is 0 Å². The predicted octanol–water partition coefficient (Wildman–Crippen LogP) is 3.06. The normalized spacial score (nSPS) is 14.1. The molecule has 3 N–H and O–H groups in total. The van der Waals surface area contributed by atoms with Crippen molar-refractivity contribution in [1.29, 1.82) is 0 Å². The van der Waals surface area contributed by atoms with Gasteiger partial charge in [-0.1, -0.05) is 31.0 Å². The summed E-state index contributed by atoms with van der Waals surface area (Å²) in [5.41, 5.74) is 6.35. The first kappa shape index (κ1) is 15.7. The Balaban J connectivity index is 0.00000225. The molecule has 2 nitrogen and oxygen atoms in total. The highest BCUT2D eigenvalue weighted by Crippen LogP contribution is 2.22. The number of nitrogens with two attached hydrogens (primary N) is 1. The van der Waals surface area contributed by atoms with E-state index in [4.69, 9.17) is 17.3 Å². The fourth-order valence-electron chi connectivity index (χ4n) is 1.42. The first-order chi connectivity index (χ1) is 7.06. The largest absolute Gasteiger partial charge is 0.391 e. The molecule has 16 heavy (non-hydrogen) atoms. The van der Waals surface area contributed by atoms with E-state index in [1.807, 2.05) is 6.92 Å². The van der Waals surface area contributed by atoms with Gasteiger partial charge in [0, 0.05) is 0 Å². The van der Waals surface area contributed by atoms with E-state index in [9.17, 15) is 9.50 Å². The molecule has 0 bridgehead atoms. The van der Waals surface area contributed by atoms with E-state index in [0.717, 1.165) is 6.42 Å². The molecule has 0 fully saturated rings. The lowest BCUT2D eigenvalue weighted by atomic mass is 9.99. The second-order valence-corrected chi connectivity index (χ2v) is 3.96. The van der Waals surface area contributed by atoms with Gasteiger partial charge >= 0.3 is 0 Å². The Labute approximate surface area is 106 Å². The number of halogens is 3. The number of hydrogen-bond donors (Lipinski definition) is 2. The molecular formula is C11H16Cl2FNO. The Morgan fingerprint density at radius 3 is 2.62 bits per heavy atom. The van der Waals surface area contributed by atoms with Gasteiger partial charge in [-0.25, -0.2) is 4.39 Å². The van der Waals surface area contributed by atoms with Crippen LogP contribution >= 0.6 is 24.0 Å². The number of rotatable bonds is 4. The summed E-state index contributed by atoms with van der Waals surface area (Å²) in [7, 11) is 0. The number of benzene rings is 1. The van der Waals surface area contributed by atoms with Crippen molar-refractivity contribution >= 4 is 24.0 Å². The molecule has 0 spiro atoms. The van der Waals surface area contributed by atoms with Crippen molar-refractivity contribution in [2.24, 2.45) is 5.73 Å². The number of hydrogen-bond acceptors (Lipinski definition) is 2. The van der Waals surface area contributed by atoms with E-state index in [-0.39, 0.29) is 17.4 Å². The second-order valence-electron chi connectivity index (χ2n) is 3.56. The maximum absolute atomic E-state index is 13.1. The van der Waals surface area contributed by atoms with Crippen molar-refractivity contribution in [3.05, 3.63) is 34.6 Å². The molecule has 0 aromatic heterocycles. The minimum absolute atomic E-state index is 0. The zero-order valence-electron chi connectivity index (χ0n) is 8.99. The number of aliphatic hydroxyl groups is 1. The molecule has 1 aromatic rings. The lowest BCUT2D eigenvalue weighted by Crippen LogP contribution is -2.26. The topological polar surface area (TPSA) is 46.2 Å². The van der Waals surface area contributed by atoms with Crippen LogP contribution in [0.2, 0.25) is 5.02 Å². The highest BCUT2D eigenvalue weighted by Gasteiger charge is 2.16. The van der Waals surface area contributed by atoms with Gasteiger partial charge in [0.2, 0.25) is 0 Å². The van der Waals surface area contributed by atoms with Crippen LogP contribution in [0.4, 0.5) is 4.39 Å². The monoisotopic (exact) mass is 267 g/mol. The van der Waals surface area contributed by atoms with Gasteiger partial charge in [0.25, 0.3) is 0 Å². The molecule has 0 saturated heterocycles. The average Bonchev–Trinajstić information content (AvgIpc) is 2.21. The van der Waals surface area contributed by atoms with Crippen LogP contribution in [0.25, 0.3) is 0 Å². The van der Waals surface area contributed by atoms with E-state index in [1.165, 1.54) is 12.1 Å². The molecule has 0 aliphatic rings. The Kier molecular flexibility index (Phi) is 6.91. The van der Waals surface area contributed by atoms with Gasteiger partial charge in [0.1, 0.15) is 5.82 Å². The maximum Gasteiger partial charge on any atom is 0.142 e. The molecule has 0 heterocycles. The first-order valence-corrected chi connectivity index (χ1v) is 5.32. The maximum atomic E-state index is 13.1. The van der Waals surface area contributed by atoms with Crippen LogP contribution in [-0.4, -0.2) is 11.2 Å². The fourth-order valence-corrected chi connectivity index (χ4v) is 1.53. The molecule has 1 aromatic carbocycles. The van der Waals surface area contributed by atoms with Gasteiger partial charge in [0.05, 0.1) is 17.2 Å². The van der Waals surface area contributed by atoms with Crippen molar-refractivity contribution in [2.45, 2.75) is 31.9 Å². The third-order valence-corrected chi connectivity index (χ3v) is 2.63. The summed E-state index contributed by atoms with van der Waals surface area (Å²) in [5.74, 6) is -0.506. The SMILES string of the molecule is CCC[C@@H](O)[C@@H](N)c1ccc(Cl)c(F)c1.Cl. The Morgan fingerprint density at radius 1 is 1.50 bits per heavy atom. The third-order valence-electron chi connectivity index (χ3n) is 2.33. The van der Waals surface area contributed by atoms with Crippen molar-refractivity contribution in [3.8, 4) is 0 Å². The van der Waals surface area contributed by atoms with Gasteiger partial charge in [-0.05, 0) is 24.1 Å². The quantitative estimate of drug-likeness (QED) is 0.881. The summed E-state index contributed by atoms with van der Waals surface area (Å²) < 4.78 is 13.1. The zero-order valence-corrected chi connectivity index (χ0v) is 10.6. The Bertz CT molecular complexity index is 336. The van der Waals surface area contributed by atoms with Crippen LogP contribution in [0.1, 0.15) is 31.4 Å². The lowest BCUT2D eigenvalue weighted by Gasteiger charge is -2.18. The Hall–Kier alpha value is -0.350. The summed E-state index contributed by atoms with van der Waals surface area (Å²) in [4.78, 5) is 0. The van der Waals surface area contributed by atoms with Gasteiger partial charge < -0.3 is 10.8 Å². The molecule has 0 aliphatic heterocycles. The predicted molar refractivity (Wildman–Crippen MR) is 66.5 cm³/mol. The highest BCUT2D eigenvalue weighted by atomic mass is 35.5. The first-order valence-electron chi connectivity index (χ1n) is 4.94. The molecule has 92 valence electrons. The smallest absolute Gasteiger partial charge is 0.142 e. The zero-order chi connectivity index (χ0) is 11.4. The van der Waals surface area contributed by atoms with Crippen LogP contribution < -0.4 is 5.73 Å². The van der Waals surface area contributed by atoms with Crippen LogP contribution in [-0.2, 0) is 0 Å². The number of aliphatic hydroxyl groups excluding tert-OH is 1. The third kappa shape index (κ3) is 3.91. The average molecular weight is 268 g/mol. The van der Waals surface area contributed by atoms with Crippen LogP contribution in [0.3, 0.4) is 0 Å². The van der Waals surface area contributed by atoms with Gasteiger partial charge in [-0.3, -0.25) is 0 Å². The summed E-state index contributed by atoms with van der Waals surface area (Å²) >= 11 is 5.55.